The maximum atomic E-state index is 12.6. The summed E-state index contributed by atoms with van der Waals surface area (Å²) in [5, 5.41) is 15.4. The number of hydrogen-bond acceptors (Lipinski definition) is 12. The molecule has 392 valence electrons. The third-order valence-electron chi connectivity index (χ3n) is 9.97. The number of amides is 2. The minimum absolute atomic E-state index is 0.0410. The number of sulfone groups is 3. The van der Waals surface area contributed by atoms with E-state index < -0.39 is 63.9 Å². The Kier molecular flexibility index (Phi) is 19.3. The Morgan fingerprint density at radius 2 is 0.750 bits per heavy atom. The number of alkyl halides is 6. The van der Waals surface area contributed by atoms with Crippen molar-refractivity contribution in [3.8, 4) is 0 Å². The fraction of sp³-hybridized carbons (Fsp3) is 0.0385. The highest BCUT2D eigenvalue weighted by Crippen LogP contribution is 2.32. The number of nitrogens with zero attached hydrogens (tertiary/aromatic N) is 2. The van der Waals surface area contributed by atoms with Gasteiger partial charge in [-0.2, -0.15) is 31.3 Å². The molecule has 0 aliphatic rings. The Balaban J connectivity index is 0.000000197. The molecule has 0 unspecified atom stereocenters. The van der Waals surface area contributed by atoms with Crippen LogP contribution >= 0.6 is 0 Å². The van der Waals surface area contributed by atoms with E-state index in [1.807, 2.05) is 0 Å². The minimum Gasteiger partial charge on any atom is -0.399 e. The molecule has 4 N–H and O–H groups in total. The second-order valence-corrected chi connectivity index (χ2v) is 21.0. The largest absolute Gasteiger partial charge is 0.416 e. The first-order valence-corrected chi connectivity index (χ1v) is 25.9. The van der Waals surface area contributed by atoms with Gasteiger partial charge in [0, 0.05) is 29.2 Å². The molecule has 0 aliphatic heterocycles. The van der Waals surface area contributed by atoms with Crippen molar-refractivity contribution in [1.82, 2.24) is 0 Å². The molecule has 2 amide bonds. The number of halogens is 6. The average molecular weight is 1100 g/mol. The van der Waals surface area contributed by atoms with Crippen LogP contribution in [0.1, 0.15) is 11.1 Å². The zero-order valence-electron chi connectivity index (χ0n) is 38.8. The summed E-state index contributed by atoms with van der Waals surface area (Å²) in [6.45, 7) is 0. The standard InChI is InChI=1S/C20H15F3N2O3S.C12H9NO4S.C12H11NO2S.C8H4F3NO/c21-20(22,23)14-6-8-15(9-7-14)24-19(26)25-16-10-12-18(13-11-16)29(27,28)17-4-2-1-3-5-17;14-13(15)10-6-8-12(9-7-10)18(16,17)11-4-2-1-3-5-11;13-10-6-8-12(9-7-10)16(14,15)11-4-2-1-3-5-11;9-8(10,11)6-1-3-7(4-2-6)12-5-13/h1-13H,(H2,24,25,26);1-9H;1-9H,13H2;1-4H. The lowest BCUT2D eigenvalue weighted by Crippen LogP contribution is -2.19. The van der Waals surface area contributed by atoms with Crippen molar-refractivity contribution < 1.29 is 66.1 Å². The fourth-order valence-corrected chi connectivity index (χ4v) is 9.98. The predicted molar refractivity (Wildman–Crippen MR) is 269 cm³/mol. The summed E-state index contributed by atoms with van der Waals surface area (Å²) in [7, 11) is -10.7. The zero-order valence-corrected chi connectivity index (χ0v) is 41.2. The lowest BCUT2D eigenvalue weighted by molar-refractivity contribution is -0.384. The smallest absolute Gasteiger partial charge is 0.399 e. The SMILES string of the molecule is Nc1ccc(S(=O)(=O)c2ccccc2)cc1.O=C(Nc1ccc(C(F)(F)F)cc1)Nc1ccc(S(=O)(=O)c2ccccc2)cc1.O=C=Nc1ccc(C(F)(F)F)cc1.O=[N+]([O-])c1ccc(S(=O)(=O)c2ccccc2)cc1. The summed E-state index contributed by atoms with van der Waals surface area (Å²) in [4.78, 5) is 35.8. The maximum Gasteiger partial charge on any atom is 0.416 e. The number of anilines is 3. The van der Waals surface area contributed by atoms with E-state index in [2.05, 4.69) is 15.6 Å². The number of nitrogens with two attached hydrogens (primary N) is 1. The van der Waals surface area contributed by atoms with Gasteiger partial charge < -0.3 is 16.4 Å². The Morgan fingerprint density at radius 1 is 0.461 bits per heavy atom. The van der Waals surface area contributed by atoms with Crippen LogP contribution in [-0.4, -0.2) is 42.3 Å². The van der Waals surface area contributed by atoms with Crippen LogP contribution in [-0.2, 0) is 46.7 Å². The van der Waals surface area contributed by atoms with E-state index in [0.29, 0.717) is 16.3 Å². The number of nitro benzene ring substituents is 1. The maximum absolute atomic E-state index is 12.6. The monoisotopic (exact) mass is 1100 g/mol. The highest BCUT2D eigenvalue weighted by Gasteiger charge is 2.31. The third kappa shape index (κ3) is 16.3. The molecule has 8 rings (SSSR count). The second kappa shape index (κ2) is 25.3. The fourth-order valence-electron chi connectivity index (χ4n) is 6.13. The molecule has 0 radical (unpaired) electrons. The van der Waals surface area contributed by atoms with Crippen molar-refractivity contribution in [2.75, 3.05) is 16.4 Å². The molecule has 0 atom stereocenters. The first-order valence-electron chi connectivity index (χ1n) is 21.4. The minimum atomic E-state index is -4.46. The number of nitrogens with one attached hydrogen (secondary N) is 2. The first-order chi connectivity index (χ1) is 35.8. The van der Waals surface area contributed by atoms with E-state index in [-0.39, 0.29) is 41.5 Å². The second-order valence-electron chi connectivity index (χ2n) is 15.2. The van der Waals surface area contributed by atoms with Gasteiger partial charge in [0.15, 0.2) is 0 Å². The number of aliphatic imine (C=N–C) groups is 1. The van der Waals surface area contributed by atoms with Crippen molar-refractivity contribution in [2.24, 2.45) is 4.99 Å². The van der Waals surface area contributed by atoms with Gasteiger partial charge in [-0.15, -0.1) is 0 Å². The molecule has 8 aromatic carbocycles. The molecule has 0 fully saturated rings. The van der Waals surface area contributed by atoms with Gasteiger partial charge in [-0.1, -0.05) is 54.6 Å². The first kappa shape index (κ1) is 57.9. The number of carbonyl (C=O) groups is 1. The van der Waals surface area contributed by atoms with Crippen LogP contribution in [0.3, 0.4) is 0 Å². The van der Waals surface area contributed by atoms with E-state index in [0.717, 1.165) is 48.5 Å². The van der Waals surface area contributed by atoms with Crippen LogP contribution in [0.4, 0.5) is 59.6 Å². The summed E-state index contributed by atoms with van der Waals surface area (Å²) < 4.78 is 147. The molecule has 8 aromatic rings. The third-order valence-corrected chi connectivity index (χ3v) is 15.3. The van der Waals surface area contributed by atoms with E-state index >= 15 is 0 Å². The molecule has 0 aromatic heterocycles. The zero-order chi connectivity index (χ0) is 55.7. The van der Waals surface area contributed by atoms with Gasteiger partial charge in [0.25, 0.3) is 5.69 Å². The number of rotatable bonds is 10. The molecule has 0 saturated carbocycles. The van der Waals surface area contributed by atoms with Crippen LogP contribution in [0.15, 0.2) is 247 Å². The van der Waals surface area contributed by atoms with Crippen LogP contribution in [0.2, 0.25) is 0 Å². The van der Waals surface area contributed by atoms with Crippen LogP contribution in [0, 0.1) is 10.1 Å². The molecule has 0 heterocycles. The van der Waals surface area contributed by atoms with Crippen molar-refractivity contribution >= 4 is 70.1 Å². The normalized spacial score (nSPS) is 11.3. The van der Waals surface area contributed by atoms with Crippen molar-refractivity contribution in [3.05, 3.63) is 234 Å². The van der Waals surface area contributed by atoms with E-state index in [9.17, 15) is 71.3 Å². The number of nitro groups is 1. The molecule has 76 heavy (non-hydrogen) atoms. The highest BCUT2D eigenvalue weighted by atomic mass is 32.2. The van der Waals surface area contributed by atoms with Gasteiger partial charge in [0.05, 0.1) is 51.1 Å². The molecular formula is C52H39F6N5O10S3. The molecule has 15 nitrogen and oxygen atoms in total. The van der Waals surface area contributed by atoms with Gasteiger partial charge in [-0.3, -0.25) is 10.1 Å². The number of non-ortho nitro benzene ring substituents is 1. The Hall–Kier alpha value is -8.96. The Labute approximate surface area is 430 Å². The summed E-state index contributed by atoms with van der Waals surface area (Å²) >= 11 is 0. The lowest BCUT2D eigenvalue weighted by atomic mass is 10.2. The summed E-state index contributed by atoms with van der Waals surface area (Å²) in [6.07, 6.45) is -7.58. The summed E-state index contributed by atoms with van der Waals surface area (Å²) in [6, 6.07) is 48.0. The average Bonchev–Trinajstić information content (AvgIpc) is 3.40. The van der Waals surface area contributed by atoms with Crippen LogP contribution in [0.25, 0.3) is 0 Å². The number of urea groups is 1. The Bertz CT molecular complexity index is 3620. The molecule has 24 heteroatoms. The molecular weight excluding hydrogens is 1060 g/mol. The molecule has 0 bridgehead atoms. The summed E-state index contributed by atoms with van der Waals surface area (Å²) in [5.41, 5.74) is 4.99. The molecule has 0 saturated heterocycles. The van der Waals surface area contributed by atoms with Crippen LogP contribution in [0.5, 0.6) is 0 Å². The van der Waals surface area contributed by atoms with Crippen molar-refractivity contribution in [2.45, 2.75) is 41.7 Å². The number of carbonyl (C=O) groups excluding carboxylic acids is 2. The lowest BCUT2D eigenvalue weighted by Gasteiger charge is -2.10. The number of benzene rings is 8. The molecule has 0 spiro atoms. The van der Waals surface area contributed by atoms with E-state index in [4.69, 9.17) is 5.73 Å². The number of hydrogen-bond donors (Lipinski definition) is 3. The number of isocyanates is 1. The quantitative estimate of drug-likeness (QED) is 0.0290. The number of nitrogen functional groups attached to an aromatic ring is 1. The summed E-state index contributed by atoms with van der Waals surface area (Å²) in [5.74, 6) is 0. The topological polar surface area (TPSA) is 242 Å². The molecule has 0 aliphatic carbocycles. The van der Waals surface area contributed by atoms with E-state index in [1.165, 1.54) is 91.0 Å². The van der Waals surface area contributed by atoms with Gasteiger partial charge >= 0.3 is 18.4 Å². The van der Waals surface area contributed by atoms with Gasteiger partial charge in [-0.25, -0.2) is 34.8 Å². The Morgan fingerprint density at radius 3 is 1.07 bits per heavy atom. The van der Waals surface area contributed by atoms with Gasteiger partial charge in [0.2, 0.25) is 35.6 Å². The predicted octanol–water partition coefficient (Wildman–Crippen LogP) is 12.4. The van der Waals surface area contributed by atoms with Crippen molar-refractivity contribution in [1.29, 1.82) is 0 Å². The van der Waals surface area contributed by atoms with Crippen molar-refractivity contribution in [3.63, 3.8) is 0 Å². The van der Waals surface area contributed by atoms with Crippen LogP contribution < -0.4 is 16.4 Å². The van der Waals surface area contributed by atoms with Gasteiger partial charge in [0.1, 0.15) is 0 Å². The highest BCUT2D eigenvalue weighted by molar-refractivity contribution is 7.92. The van der Waals surface area contributed by atoms with E-state index in [1.54, 1.807) is 78.9 Å². The van der Waals surface area contributed by atoms with Gasteiger partial charge in [-0.05, 0) is 146 Å².